The molecule has 1 aromatic heterocycles. The summed E-state index contributed by atoms with van der Waals surface area (Å²) in [6.45, 7) is 3.74. The Hall–Kier alpha value is -2.28. The molecule has 0 fully saturated rings. The second-order valence-electron chi connectivity index (χ2n) is 5.38. The van der Waals surface area contributed by atoms with Crippen LogP contribution in [0.4, 0.5) is 0 Å². The average Bonchev–Trinajstić information content (AvgIpc) is 2.76. The summed E-state index contributed by atoms with van der Waals surface area (Å²) >= 11 is 5.84. The van der Waals surface area contributed by atoms with Gasteiger partial charge in [0.15, 0.2) is 5.58 Å². The molecule has 2 amide bonds. The molecule has 7 nitrogen and oxygen atoms in total. The molecule has 2 N–H and O–H groups in total. The van der Waals surface area contributed by atoms with E-state index in [1.165, 1.54) is 4.57 Å². The van der Waals surface area contributed by atoms with Crippen LogP contribution < -0.4 is 16.4 Å². The Morgan fingerprint density at radius 3 is 2.74 bits per heavy atom. The van der Waals surface area contributed by atoms with Crippen LogP contribution in [0.15, 0.2) is 27.4 Å². The number of aromatic nitrogens is 1. The van der Waals surface area contributed by atoms with E-state index < -0.39 is 5.76 Å². The van der Waals surface area contributed by atoms with Crippen molar-refractivity contribution in [1.29, 1.82) is 0 Å². The number of hydrogen-bond acceptors (Lipinski definition) is 4. The number of rotatable bonds is 6. The molecule has 124 valence electrons. The first-order chi connectivity index (χ1) is 10.9. The number of aryl methyl sites for hydroxylation is 1. The summed E-state index contributed by atoms with van der Waals surface area (Å²) in [6.07, 6.45) is 0.0616. The Kier molecular flexibility index (Phi) is 5.44. The fourth-order valence-electron chi connectivity index (χ4n) is 2.11. The highest BCUT2D eigenvalue weighted by Gasteiger charge is 2.12. The van der Waals surface area contributed by atoms with Gasteiger partial charge in [-0.15, -0.1) is 0 Å². The van der Waals surface area contributed by atoms with Crippen molar-refractivity contribution in [3.8, 4) is 0 Å². The number of carbonyl (C=O) groups excluding carboxylic acids is 2. The number of nitrogens with zero attached hydrogens (tertiary/aromatic N) is 1. The predicted octanol–water partition coefficient (Wildman–Crippen LogP) is 1.28. The van der Waals surface area contributed by atoms with Gasteiger partial charge in [0.2, 0.25) is 11.8 Å². The zero-order valence-corrected chi connectivity index (χ0v) is 13.6. The van der Waals surface area contributed by atoms with E-state index in [9.17, 15) is 14.4 Å². The maximum absolute atomic E-state index is 11.8. The van der Waals surface area contributed by atoms with E-state index >= 15 is 0 Å². The molecule has 0 bridgehead atoms. The number of fused-ring (bicyclic) bond motifs is 1. The maximum Gasteiger partial charge on any atom is 0.419 e. The third-order valence-corrected chi connectivity index (χ3v) is 3.32. The first kappa shape index (κ1) is 17.1. The molecular formula is C15H18ClN3O4. The van der Waals surface area contributed by atoms with Gasteiger partial charge in [-0.1, -0.05) is 11.6 Å². The number of carbonyl (C=O) groups is 2. The smallest absolute Gasteiger partial charge is 0.408 e. The summed E-state index contributed by atoms with van der Waals surface area (Å²) in [5.41, 5.74) is 0.948. The Labute approximate surface area is 137 Å². The molecule has 0 unspecified atom stereocenters. The molecule has 2 aromatic rings. The van der Waals surface area contributed by atoms with Crippen molar-refractivity contribution in [2.45, 2.75) is 32.9 Å². The average molecular weight is 340 g/mol. The zero-order valence-electron chi connectivity index (χ0n) is 12.9. The lowest BCUT2D eigenvalue weighted by atomic mass is 10.3. The van der Waals surface area contributed by atoms with Gasteiger partial charge in [0.1, 0.15) is 0 Å². The van der Waals surface area contributed by atoms with Crippen LogP contribution in [0.1, 0.15) is 20.3 Å². The second kappa shape index (κ2) is 7.32. The van der Waals surface area contributed by atoms with Gasteiger partial charge in [0, 0.05) is 30.1 Å². The van der Waals surface area contributed by atoms with Crippen LogP contribution >= 0.6 is 11.6 Å². The van der Waals surface area contributed by atoms with E-state index in [4.69, 9.17) is 16.0 Å². The van der Waals surface area contributed by atoms with Gasteiger partial charge in [0.25, 0.3) is 0 Å². The van der Waals surface area contributed by atoms with Crippen LogP contribution in [0.2, 0.25) is 5.02 Å². The Morgan fingerprint density at radius 1 is 1.30 bits per heavy atom. The third kappa shape index (κ3) is 4.59. The number of amides is 2. The Morgan fingerprint density at radius 2 is 2.04 bits per heavy atom. The quantitative estimate of drug-likeness (QED) is 0.829. The number of oxazole rings is 1. The summed E-state index contributed by atoms with van der Waals surface area (Å²) in [6, 6.07) is 4.87. The molecule has 0 saturated carbocycles. The van der Waals surface area contributed by atoms with Gasteiger partial charge in [0.05, 0.1) is 12.1 Å². The van der Waals surface area contributed by atoms with Crippen molar-refractivity contribution in [3.63, 3.8) is 0 Å². The van der Waals surface area contributed by atoms with Gasteiger partial charge < -0.3 is 15.1 Å². The molecular weight excluding hydrogens is 322 g/mol. The zero-order chi connectivity index (χ0) is 17.0. The van der Waals surface area contributed by atoms with Gasteiger partial charge in [-0.2, -0.15) is 0 Å². The van der Waals surface area contributed by atoms with Crippen molar-refractivity contribution in [2.24, 2.45) is 0 Å². The minimum atomic E-state index is -0.549. The largest absolute Gasteiger partial charge is 0.419 e. The van der Waals surface area contributed by atoms with E-state index in [2.05, 4.69) is 10.6 Å². The standard InChI is InChI=1S/C15H18ClN3O4/c1-9(2)18-14(21)8-17-13(20)5-6-19-11-4-3-10(16)7-12(11)23-15(19)22/h3-4,7,9H,5-6,8H2,1-2H3,(H,17,20)(H,18,21). The molecule has 2 rings (SSSR count). The lowest BCUT2D eigenvalue weighted by Crippen LogP contribution is -2.40. The molecule has 1 heterocycles. The van der Waals surface area contributed by atoms with E-state index in [0.717, 1.165) is 0 Å². The van der Waals surface area contributed by atoms with Crippen LogP contribution in [0.3, 0.4) is 0 Å². The maximum atomic E-state index is 11.8. The summed E-state index contributed by atoms with van der Waals surface area (Å²) in [5.74, 6) is -1.12. The molecule has 0 atom stereocenters. The second-order valence-corrected chi connectivity index (χ2v) is 5.82. The lowest BCUT2D eigenvalue weighted by molar-refractivity contribution is -0.126. The van der Waals surface area contributed by atoms with Crippen LogP contribution in [0.25, 0.3) is 11.1 Å². The first-order valence-electron chi connectivity index (χ1n) is 7.22. The molecule has 8 heteroatoms. The Bertz CT molecular complexity index is 779. The number of benzene rings is 1. The van der Waals surface area contributed by atoms with Crippen LogP contribution in [0.5, 0.6) is 0 Å². The fraction of sp³-hybridized carbons (Fsp3) is 0.400. The molecule has 0 radical (unpaired) electrons. The normalized spacial score (nSPS) is 11.0. The van der Waals surface area contributed by atoms with Gasteiger partial charge in [-0.3, -0.25) is 14.2 Å². The summed E-state index contributed by atoms with van der Waals surface area (Å²) in [4.78, 5) is 35.0. The van der Waals surface area contributed by atoms with Crippen molar-refractivity contribution in [1.82, 2.24) is 15.2 Å². The van der Waals surface area contributed by atoms with Gasteiger partial charge in [-0.05, 0) is 26.0 Å². The molecule has 0 aliphatic heterocycles. The number of halogens is 1. The predicted molar refractivity (Wildman–Crippen MR) is 86.4 cm³/mol. The molecule has 0 aliphatic carbocycles. The van der Waals surface area contributed by atoms with Crippen molar-refractivity contribution in [3.05, 3.63) is 33.8 Å². The SMILES string of the molecule is CC(C)NC(=O)CNC(=O)CCn1c(=O)oc2cc(Cl)ccc21. The van der Waals surface area contributed by atoms with Gasteiger partial charge >= 0.3 is 5.76 Å². The monoisotopic (exact) mass is 339 g/mol. The molecule has 0 aliphatic rings. The van der Waals surface area contributed by atoms with E-state index in [-0.39, 0.29) is 37.4 Å². The van der Waals surface area contributed by atoms with Crippen LogP contribution in [0, 0.1) is 0 Å². The number of nitrogens with one attached hydrogen (secondary N) is 2. The fourth-order valence-corrected chi connectivity index (χ4v) is 2.27. The summed E-state index contributed by atoms with van der Waals surface area (Å²) < 4.78 is 6.44. The summed E-state index contributed by atoms with van der Waals surface area (Å²) in [7, 11) is 0. The first-order valence-corrected chi connectivity index (χ1v) is 7.59. The van der Waals surface area contributed by atoms with E-state index in [1.807, 2.05) is 13.8 Å². The minimum absolute atomic E-state index is 0.0158. The number of hydrogen-bond donors (Lipinski definition) is 2. The lowest BCUT2D eigenvalue weighted by Gasteiger charge is -2.09. The molecule has 23 heavy (non-hydrogen) atoms. The van der Waals surface area contributed by atoms with Crippen molar-refractivity contribution < 1.29 is 14.0 Å². The highest BCUT2D eigenvalue weighted by Crippen LogP contribution is 2.18. The molecule has 0 spiro atoms. The minimum Gasteiger partial charge on any atom is -0.408 e. The highest BCUT2D eigenvalue weighted by molar-refractivity contribution is 6.31. The van der Waals surface area contributed by atoms with Crippen LogP contribution in [-0.4, -0.2) is 29.0 Å². The topological polar surface area (TPSA) is 93.3 Å². The van der Waals surface area contributed by atoms with E-state index in [0.29, 0.717) is 16.1 Å². The van der Waals surface area contributed by atoms with Gasteiger partial charge in [-0.25, -0.2) is 4.79 Å². The molecule has 1 aromatic carbocycles. The summed E-state index contributed by atoms with van der Waals surface area (Å²) in [5, 5.41) is 5.64. The van der Waals surface area contributed by atoms with E-state index in [1.54, 1.807) is 18.2 Å². The van der Waals surface area contributed by atoms with Crippen molar-refractivity contribution >= 4 is 34.5 Å². The van der Waals surface area contributed by atoms with Crippen LogP contribution in [-0.2, 0) is 16.1 Å². The third-order valence-electron chi connectivity index (χ3n) is 3.09. The molecule has 0 saturated heterocycles. The van der Waals surface area contributed by atoms with Crippen molar-refractivity contribution in [2.75, 3.05) is 6.54 Å². The highest BCUT2D eigenvalue weighted by atomic mass is 35.5. The Balaban J connectivity index is 1.93.